The molecule has 0 aliphatic carbocycles. The average Bonchev–Trinajstić information content (AvgIpc) is 3.14. The zero-order valence-corrected chi connectivity index (χ0v) is 17.8. The summed E-state index contributed by atoms with van der Waals surface area (Å²) in [6.07, 6.45) is -2.45. The predicted octanol–water partition coefficient (Wildman–Crippen LogP) is 3.40. The normalized spacial score (nSPS) is 24.3. The topological polar surface area (TPSA) is 88.4 Å². The number of fused-ring (bicyclic) bond motifs is 1. The second-order valence-corrected chi connectivity index (χ2v) is 8.75. The summed E-state index contributed by atoms with van der Waals surface area (Å²) >= 11 is 1.71. The minimum atomic E-state index is -1.14. The third kappa shape index (κ3) is 4.17. The van der Waals surface area contributed by atoms with Crippen LogP contribution in [0.2, 0.25) is 0 Å². The fourth-order valence-electron chi connectivity index (χ4n) is 4.01. The van der Waals surface area contributed by atoms with Gasteiger partial charge in [-0.3, -0.25) is 0 Å². The largest absolute Gasteiger partial charge is 0.507 e. The Morgan fingerprint density at radius 1 is 1.13 bits per heavy atom. The molecule has 1 fully saturated rings. The van der Waals surface area contributed by atoms with Crippen molar-refractivity contribution in [2.45, 2.75) is 37.3 Å². The first-order valence-corrected chi connectivity index (χ1v) is 10.7. The molecule has 0 spiro atoms. The van der Waals surface area contributed by atoms with E-state index >= 15 is 0 Å². The number of hydrogen-bond acceptors (Lipinski definition) is 7. The lowest BCUT2D eigenvalue weighted by Crippen LogP contribution is -2.44. The molecule has 4 unspecified atom stereocenters. The van der Waals surface area contributed by atoms with Gasteiger partial charge in [0, 0.05) is 41.2 Å². The molecular weight excluding hydrogens is 404 g/mol. The molecule has 4 rings (SSSR count). The lowest BCUT2D eigenvalue weighted by molar-refractivity contribution is -0.182. The summed E-state index contributed by atoms with van der Waals surface area (Å²) in [5.74, 6) is 0.522. The van der Waals surface area contributed by atoms with Gasteiger partial charge in [-0.05, 0) is 29.1 Å². The van der Waals surface area contributed by atoms with E-state index in [1.165, 1.54) is 10.1 Å². The number of ether oxygens (including phenoxy) is 3. The number of phenolic OH excluding ortho intramolecular Hbond substituents is 1. The standard InChI is InChI=1S/C23H26O6S/c1-27-12-15-10-19(25)22(26)23(29-15)17-9-14(20(28-2)11-18(17)24)8-16-7-13-5-3-4-6-21(13)30-16/h3-7,9,11,15,19,22-26H,8,10,12H2,1-2H3. The number of phenols is 1. The van der Waals surface area contributed by atoms with E-state index in [-0.39, 0.29) is 18.3 Å². The van der Waals surface area contributed by atoms with Gasteiger partial charge < -0.3 is 29.5 Å². The minimum Gasteiger partial charge on any atom is -0.507 e. The molecule has 0 bridgehead atoms. The van der Waals surface area contributed by atoms with Crippen LogP contribution >= 0.6 is 11.3 Å². The van der Waals surface area contributed by atoms with Crippen LogP contribution in [0.5, 0.6) is 11.5 Å². The Labute approximate surface area is 179 Å². The summed E-state index contributed by atoms with van der Waals surface area (Å²) in [4.78, 5) is 1.16. The maximum Gasteiger partial charge on any atom is 0.126 e. The lowest BCUT2D eigenvalue weighted by Gasteiger charge is -2.37. The van der Waals surface area contributed by atoms with Crippen LogP contribution < -0.4 is 4.74 Å². The first-order chi connectivity index (χ1) is 14.5. The molecule has 30 heavy (non-hydrogen) atoms. The molecule has 4 atom stereocenters. The summed E-state index contributed by atoms with van der Waals surface area (Å²) in [6, 6.07) is 13.7. The second kappa shape index (κ2) is 8.91. The zero-order valence-electron chi connectivity index (χ0n) is 16.9. The van der Waals surface area contributed by atoms with Gasteiger partial charge in [0.05, 0.1) is 25.9 Å². The zero-order chi connectivity index (χ0) is 21.3. The van der Waals surface area contributed by atoms with Crippen molar-refractivity contribution in [2.75, 3.05) is 20.8 Å². The molecule has 6 nitrogen and oxygen atoms in total. The summed E-state index contributed by atoms with van der Waals surface area (Å²) in [7, 11) is 3.12. The van der Waals surface area contributed by atoms with Crippen LogP contribution in [-0.2, 0) is 15.9 Å². The van der Waals surface area contributed by atoms with Crippen LogP contribution in [-0.4, -0.2) is 54.5 Å². The molecule has 1 aliphatic heterocycles. The van der Waals surface area contributed by atoms with Crippen molar-refractivity contribution in [3.8, 4) is 11.5 Å². The van der Waals surface area contributed by atoms with Gasteiger partial charge in [-0.15, -0.1) is 11.3 Å². The van der Waals surface area contributed by atoms with E-state index in [0.29, 0.717) is 24.3 Å². The van der Waals surface area contributed by atoms with Crippen molar-refractivity contribution in [3.05, 3.63) is 58.5 Å². The molecule has 2 heterocycles. The number of methoxy groups -OCH3 is 2. The van der Waals surface area contributed by atoms with E-state index in [2.05, 4.69) is 18.2 Å². The average molecular weight is 431 g/mol. The molecule has 1 aliphatic rings. The Balaban J connectivity index is 1.68. The van der Waals surface area contributed by atoms with Gasteiger partial charge in [0.2, 0.25) is 0 Å². The highest BCUT2D eigenvalue weighted by Crippen LogP contribution is 2.40. The number of aliphatic hydroxyl groups excluding tert-OH is 2. The van der Waals surface area contributed by atoms with Crippen LogP contribution in [0.15, 0.2) is 42.5 Å². The lowest BCUT2D eigenvalue weighted by atomic mass is 9.91. The van der Waals surface area contributed by atoms with Gasteiger partial charge in [-0.2, -0.15) is 0 Å². The maximum atomic E-state index is 10.6. The monoisotopic (exact) mass is 430 g/mol. The van der Waals surface area contributed by atoms with E-state index in [1.54, 1.807) is 37.7 Å². The molecular formula is C23H26O6S. The van der Waals surface area contributed by atoms with Gasteiger partial charge in [0.25, 0.3) is 0 Å². The van der Waals surface area contributed by atoms with Gasteiger partial charge in [0.1, 0.15) is 23.7 Å². The van der Waals surface area contributed by atoms with Gasteiger partial charge in [-0.25, -0.2) is 0 Å². The third-order valence-electron chi connectivity index (χ3n) is 5.48. The molecule has 3 aromatic rings. The molecule has 0 saturated carbocycles. The number of benzene rings is 2. The van der Waals surface area contributed by atoms with Gasteiger partial charge >= 0.3 is 0 Å². The van der Waals surface area contributed by atoms with Crippen molar-refractivity contribution in [2.24, 2.45) is 0 Å². The molecule has 1 aromatic heterocycles. The number of aromatic hydroxyl groups is 1. The third-order valence-corrected chi connectivity index (χ3v) is 6.59. The van der Waals surface area contributed by atoms with E-state index < -0.39 is 18.3 Å². The van der Waals surface area contributed by atoms with E-state index in [9.17, 15) is 15.3 Å². The van der Waals surface area contributed by atoms with Gasteiger partial charge in [0.15, 0.2) is 0 Å². The summed E-state index contributed by atoms with van der Waals surface area (Å²) in [5.41, 5.74) is 1.30. The molecule has 0 amide bonds. The summed E-state index contributed by atoms with van der Waals surface area (Å²) in [5, 5.41) is 32.6. The van der Waals surface area contributed by atoms with E-state index in [4.69, 9.17) is 14.2 Å². The Hall–Kier alpha value is -2.16. The number of aliphatic hydroxyl groups is 2. The molecule has 1 saturated heterocycles. The van der Waals surface area contributed by atoms with Crippen molar-refractivity contribution in [3.63, 3.8) is 0 Å². The van der Waals surface area contributed by atoms with E-state index in [1.807, 2.05) is 12.1 Å². The maximum absolute atomic E-state index is 10.6. The molecule has 160 valence electrons. The highest BCUT2D eigenvalue weighted by Gasteiger charge is 2.39. The van der Waals surface area contributed by atoms with Gasteiger partial charge in [-0.1, -0.05) is 18.2 Å². The Bertz CT molecular complexity index is 983. The summed E-state index contributed by atoms with van der Waals surface area (Å²) in [6.45, 7) is 0.297. The minimum absolute atomic E-state index is 0.0405. The first-order valence-electron chi connectivity index (χ1n) is 9.88. The van der Waals surface area contributed by atoms with Crippen molar-refractivity contribution < 1.29 is 29.5 Å². The smallest absolute Gasteiger partial charge is 0.126 e. The quantitative estimate of drug-likeness (QED) is 0.556. The van der Waals surface area contributed by atoms with Crippen LogP contribution in [0, 0.1) is 0 Å². The fraction of sp³-hybridized carbons (Fsp3) is 0.391. The number of hydrogen-bond donors (Lipinski definition) is 3. The Morgan fingerprint density at radius 3 is 2.67 bits per heavy atom. The summed E-state index contributed by atoms with van der Waals surface area (Å²) < 4.78 is 17.8. The molecule has 3 N–H and O–H groups in total. The van der Waals surface area contributed by atoms with Crippen molar-refractivity contribution >= 4 is 21.4 Å². The SMILES string of the molecule is COCC1CC(O)C(O)C(c2cc(Cc3cc4ccccc4s3)c(OC)cc2O)O1. The highest BCUT2D eigenvalue weighted by atomic mass is 32.1. The molecule has 7 heteroatoms. The molecule has 0 radical (unpaired) electrons. The highest BCUT2D eigenvalue weighted by molar-refractivity contribution is 7.19. The van der Waals surface area contributed by atoms with E-state index in [0.717, 1.165) is 10.4 Å². The van der Waals surface area contributed by atoms with Crippen LogP contribution in [0.25, 0.3) is 10.1 Å². The van der Waals surface area contributed by atoms with Crippen LogP contribution in [0.3, 0.4) is 0 Å². The molecule has 2 aromatic carbocycles. The predicted molar refractivity (Wildman–Crippen MR) is 115 cm³/mol. The van der Waals surface area contributed by atoms with Crippen molar-refractivity contribution in [1.29, 1.82) is 0 Å². The Morgan fingerprint density at radius 2 is 1.93 bits per heavy atom. The number of thiophene rings is 1. The Kier molecular flexibility index (Phi) is 6.26. The second-order valence-electron chi connectivity index (χ2n) is 7.58. The van der Waals surface area contributed by atoms with Crippen LogP contribution in [0.1, 0.15) is 28.5 Å². The van der Waals surface area contributed by atoms with Crippen molar-refractivity contribution in [1.82, 2.24) is 0 Å². The fourth-order valence-corrected chi connectivity index (χ4v) is 5.09. The first kappa shape index (κ1) is 21.1. The number of rotatable bonds is 6. The van der Waals surface area contributed by atoms with Crippen LogP contribution in [0.4, 0.5) is 0 Å².